The third-order valence-electron chi connectivity index (χ3n) is 1.53. The molecule has 2 nitrogen and oxygen atoms in total. The van der Waals surface area contributed by atoms with Crippen LogP contribution in [0.4, 0.5) is 0 Å². The van der Waals surface area contributed by atoms with E-state index in [1.54, 1.807) is 7.11 Å². The predicted molar refractivity (Wildman–Crippen MR) is 28.0 cm³/mol. The van der Waals surface area contributed by atoms with E-state index < -0.39 is 0 Å². The minimum atomic E-state index is 0.0833. The quantitative estimate of drug-likeness (QED) is 0.508. The van der Waals surface area contributed by atoms with Gasteiger partial charge >= 0.3 is 0 Å². The molecule has 1 N–H and O–H groups in total. The smallest absolute Gasteiger partial charge is 0.131 e. The Bertz CT molecular complexity index is 62.5. The van der Waals surface area contributed by atoms with Crippen LogP contribution in [0.3, 0.4) is 0 Å². The molecule has 0 aromatic heterocycles. The number of hydrogen-bond acceptors (Lipinski definition) is 2. The van der Waals surface area contributed by atoms with Crippen molar-refractivity contribution in [3.8, 4) is 0 Å². The van der Waals surface area contributed by atoms with Crippen LogP contribution in [-0.4, -0.2) is 19.4 Å². The maximum Gasteiger partial charge on any atom is 0.131 e. The van der Waals surface area contributed by atoms with Crippen LogP contribution in [-0.2, 0) is 4.74 Å². The second-order valence-corrected chi connectivity index (χ2v) is 1.91. The molecule has 1 atom stereocenters. The average molecular weight is 101 g/mol. The minimum Gasteiger partial charge on any atom is -0.363 e. The van der Waals surface area contributed by atoms with Crippen molar-refractivity contribution in [2.24, 2.45) is 0 Å². The highest BCUT2D eigenvalue weighted by atomic mass is 16.5. The fourth-order valence-electron chi connectivity index (χ4n) is 0.637. The van der Waals surface area contributed by atoms with Crippen molar-refractivity contribution in [1.29, 1.82) is 0 Å². The Labute approximate surface area is 43.9 Å². The second-order valence-electron chi connectivity index (χ2n) is 1.91. The van der Waals surface area contributed by atoms with Gasteiger partial charge < -0.3 is 4.74 Å². The predicted octanol–water partition coefficient (Wildman–Crippen LogP) is 0.342. The number of ether oxygens (including phenoxy) is 1. The Morgan fingerprint density at radius 2 is 2.43 bits per heavy atom. The molecule has 1 fully saturated rings. The molecule has 0 amide bonds. The number of methoxy groups -OCH3 is 1. The highest BCUT2D eigenvalue weighted by molar-refractivity contribution is 4.92. The molecule has 7 heavy (non-hydrogen) atoms. The molecule has 0 saturated carbocycles. The number of rotatable bonds is 2. The van der Waals surface area contributed by atoms with E-state index in [2.05, 4.69) is 12.2 Å². The highest BCUT2D eigenvalue weighted by Gasteiger charge is 2.39. The molecule has 1 aliphatic rings. The van der Waals surface area contributed by atoms with Gasteiger partial charge in [-0.25, -0.2) is 0 Å². The van der Waals surface area contributed by atoms with E-state index in [9.17, 15) is 0 Å². The van der Waals surface area contributed by atoms with Gasteiger partial charge in [-0.05, 0) is 6.42 Å². The van der Waals surface area contributed by atoms with Gasteiger partial charge in [0.15, 0.2) is 0 Å². The van der Waals surface area contributed by atoms with E-state index in [0.29, 0.717) is 0 Å². The van der Waals surface area contributed by atoms with Crippen molar-refractivity contribution in [3.63, 3.8) is 0 Å². The lowest BCUT2D eigenvalue weighted by Crippen LogP contribution is -2.15. The summed E-state index contributed by atoms with van der Waals surface area (Å²) >= 11 is 0. The van der Waals surface area contributed by atoms with E-state index in [4.69, 9.17) is 4.74 Å². The van der Waals surface area contributed by atoms with Gasteiger partial charge in [0, 0.05) is 13.7 Å². The van der Waals surface area contributed by atoms with Gasteiger partial charge in [-0.1, -0.05) is 6.92 Å². The largest absolute Gasteiger partial charge is 0.363 e. The van der Waals surface area contributed by atoms with Crippen LogP contribution >= 0.6 is 0 Å². The molecule has 42 valence electrons. The van der Waals surface area contributed by atoms with Crippen molar-refractivity contribution in [3.05, 3.63) is 0 Å². The van der Waals surface area contributed by atoms with Crippen molar-refractivity contribution < 1.29 is 4.74 Å². The summed E-state index contributed by atoms with van der Waals surface area (Å²) in [5.41, 5.74) is 0.0833. The summed E-state index contributed by atoms with van der Waals surface area (Å²) < 4.78 is 5.09. The molecule has 2 heteroatoms. The minimum absolute atomic E-state index is 0.0833. The SMILES string of the molecule is CCC1(OC)CN1. The first-order chi connectivity index (χ1) is 3.33. The van der Waals surface area contributed by atoms with Crippen molar-refractivity contribution in [2.45, 2.75) is 19.1 Å². The van der Waals surface area contributed by atoms with Gasteiger partial charge in [-0.2, -0.15) is 0 Å². The first kappa shape index (κ1) is 5.06. The summed E-state index contributed by atoms with van der Waals surface area (Å²) in [4.78, 5) is 0. The van der Waals surface area contributed by atoms with E-state index in [0.717, 1.165) is 13.0 Å². The van der Waals surface area contributed by atoms with Gasteiger partial charge in [0.25, 0.3) is 0 Å². The topological polar surface area (TPSA) is 31.2 Å². The molecule has 0 bridgehead atoms. The number of nitrogens with one attached hydrogen (secondary N) is 1. The average Bonchev–Trinajstić information content (AvgIpc) is 2.46. The van der Waals surface area contributed by atoms with Gasteiger partial charge in [0.05, 0.1) is 0 Å². The van der Waals surface area contributed by atoms with Crippen LogP contribution in [0.5, 0.6) is 0 Å². The van der Waals surface area contributed by atoms with Crippen LogP contribution in [0.2, 0.25) is 0 Å². The fraction of sp³-hybridized carbons (Fsp3) is 1.00. The summed E-state index contributed by atoms with van der Waals surface area (Å²) in [5.74, 6) is 0. The zero-order chi connectivity index (χ0) is 5.33. The molecular weight excluding hydrogens is 90.1 g/mol. The van der Waals surface area contributed by atoms with Crippen LogP contribution in [0.15, 0.2) is 0 Å². The van der Waals surface area contributed by atoms with Gasteiger partial charge in [0.1, 0.15) is 5.72 Å². The third kappa shape index (κ3) is 0.763. The van der Waals surface area contributed by atoms with E-state index in [1.165, 1.54) is 0 Å². The molecule has 0 spiro atoms. The van der Waals surface area contributed by atoms with E-state index >= 15 is 0 Å². The molecule has 0 radical (unpaired) electrons. The van der Waals surface area contributed by atoms with E-state index in [-0.39, 0.29) is 5.72 Å². The summed E-state index contributed by atoms with van der Waals surface area (Å²) in [6.07, 6.45) is 1.07. The van der Waals surface area contributed by atoms with Crippen LogP contribution in [0.1, 0.15) is 13.3 Å². The zero-order valence-corrected chi connectivity index (χ0v) is 4.82. The molecule has 1 heterocycles. The van der Waals surface area contributed by atoms with Gasteiger partial charge in [0.2, 0.25) is 0 Å². The molecule has 0 aliphatic carbocycles. The lowest BCUT2D eigenvalue weighted by molar-refractivity contribution is 0.0731. The fourth-order valence-corrected chi connectivity index (χ4v) is 0.637. The zero-order valence-electron chi connectivity index (χ0n) is 4.82. The molecular formula is C5H11NO. The van der Waals surface area contributed by atoms with Crippen LogP contribution < -0.4 is 5.32 Å². The van der Waals surface area contributed by atoms with Crippen molar-refractivity contribution in [1.82, 2.24) is 5.32 Å². The lowest BCUT2D eigenvalue weighted by atomic mass is 10.3. The van der Waals surface area contributed by atoms with Crippen molar-refractivity contribution >= 4 is 0 Å². The van der Waals surface area contributed by atoms with Gasteiger partial charge in [-0.15, -0.1) is 0 Å². The molecule has 0 aromatic rings. The molecule has 1 rings (SSSR count). The standard InChI is InChI=1S/C5H11NO/c1-3-5(7-2)4-6-5/h6H,3-4H2,1-2H3. The highest BCUT2D eigenvalue weighted by Crippen LogP contribution is 2.20. The van der Waals surface area contributed by atoms with Gasteiger partial charge in [-0.3, -0.25) is 5.32 Å². The Balaban J connectivity index is 2.28. The first-order valence-electron chi connectivity index (χ1n) is 2.63. The molecule has 0 aromatic carbocycles. The Kier molecular flexibility index (Phi) is 1.05. The molecule has 1 saturated heterocycles. The monoisotopic (exact) mass is 101 g/mol. The number of hydrogen-bond donors (Lipinski definition) is 1. The Morgan fingerprint density at radius 3 is 2.43 bits per heavy atom. The Hall–Kier alpha value is -0.0800. The van der Waals surface area contributed by atoms with E-state index in [1.807, 2.05) is 0 Å². The molecule has 1 unspecified atom stereocenters. The maximum atomic E-state index is 5.09. The summed E-state index contributed by atoms with van der Waals surface area (Å²) in [6, 6.07) is 0. The summed E-state index contributed by atoms with van der Waals surface area (Å²) in [7, 11) is 1.74. The third-order valence-corrected chi connectivity index (χ3v) is 1.53. The first-order valence-corrected chi connectivity index (χ1v) is 2.63. The molecule has 1 aliphatic heterocycles. The van der Waals surface area contributed by atoms with Crippen molar-refractivity contribution in [2.75, 3.05) is 13.7 Å². The van der Waals surface area contributed by atoms with Crippen LogP contribution in [0.25, 0.3) is 0 Å². The summed E-state index contributed by atoms with van der Waals surface area (Å²) in [5, 5.41) is 3.12. The summed E-state index contributed by atoms with van der Waals surface area (Å²) in [6.45, 7) is 3.14. The Morgan fingerprint density at radius 1 is 1.86 bits per heavy atom. The second kappa shape index (κ2) is 1.46. The normalized spacial score (nSPS) is 38.6. The lowest BCUT2D eigenvalue weighted by Gasteiger charge is -2.04. The maximum absolute atomic E-state index is 5.09. The van der Waals surface area contributed by atoms with Crippen LogP contribution in [0, 0.1) is 0 Å².